The van der Waals surface area contributed by atoms with Crippen LogP contribution in [0.5, 0.6) is 23.0 Å². The van der Waals surface area contributed by atoms with Crippen LogP contribution in [0, 0.1) is 21.7 Å². The number of rotatable bonds is 40. The first kappa shape index (κ1) is 73.2. The highest BCUT2D eigenvalue weighted by molar-refractivity contribution is 7.10. The average molecular weight is 1270 g/mol. The molecule has 486 valence electrons. The molecule has 0 aliphatic heterocycles. The van der Waals surface area contributed by atoms with Crippen LogP contribution in [-0.2, 0) is 87.7 Å². The minimum absolute atomic E-state index is 0.0438. The monoisotopic (exact) mass is 1270 g/mol. The number of esters is 4. The molecular formula is C64H90N4O18S2. The highest BCUT2D eigenvalue weighted by Crippen LogP contribution is 2.44. The molecule has 0 fully saturated rings. The summed E-state index contributed by atoms with van der Waals surface area (Å²) >= 11 is 3.02. The third-order valence-electron chi connectivity index (χ3n) is 15.2. The molecule has 0 aliphatic carbocycles. The Hall–Kier alpha value is -7.28. The lowest BCUT2D eigenvalue weighted by atomic mass is 9.67. The largest absolute Gasteiger partial charge is 0.504 e. The van der Waals surface area contributed by atoms with Crippen molar-refractivity contribution in [1.29, 1.82) is 0 Å². The smallest absolute Gasteiger partial charge is 0.326 e. The number of carbonyl (C=O) groups excluding carboxylic acids is 7. The first-order valence-electron chi connectivity index (χ1n) is 29.5. The summed E-state index contributed by atoms with van der Waals surface area (Å²) in [6, 6.07) is 13.9. The molecule has 22 nitrogen and oxygen atoms in total. The van der Waals surface area contributed by atoms with Gasteiger partial charge in [0, 0.05) is 35.7 Å². The van der Waals surface area contributed by atoms with Gasteiger partial charge in [0.1, 0.15) is 19.3 Å². The predicted molar refractivity (Wildman–Crippen MR) is 330 cm³/mol. The minimum atomic E-state index is -1.67. The van der Waals surface area contributed by atoms with Gasteiger partial charge in [-0.15, -0.1) is 22.7 Å². The summed E-state index contributed by atoms with van der Waals surface area (Å²) in [5, 5.41) is 66.1. The Morgan fingerprint density at radius 1 is 0.534 bits per heavy atom. The Kier molecular flexibility index (Phi) is 27.7. The van der Waals surface area contributed by atoms with Crippen molar-refractivity contribution >= 4 is 70.8 Å². The summed E-state index contributed by atoms with van der Waals surface area (Å²) < 4.78 is 28.4. The fourth-order valence-electron chi connectivity index (χ4n) is 10.8. The number of phenols is 4. The molecule has 0 aliphatic rings. The number of ether oxygens (including phenoxy) is 5. The van der Waals surface area contributed by atoms with Gasteiger partial charge in [-0.05, 0) is 165 Å². The minimum Gasteiger partial charge on any atom is -0.504 e. The van der Waals surface area contributed by atoms with Gasteiger partial charge in [-0.25, -0.2) is 4.79 Å². The van der Waals surface area contributed by atoms with Crippen LogP contribution in [0.2, 0.25) is 0 Å². The van der Waals surface area contributed by atoms with E-state index in [9.17, 15) is 63.9 Å². The molecule has 24 heteroatoms. The number of unbranched alkanes of at least 4 members (excludes halogenated alkanes) is 2. The molecule has 0 bridgehead atoms. The molecule has 2 aromatic carbocycles. The second kappa shape index (κ2) is 33.3. The summed E-state index contributed by atoms with van der Waals surface area (Å²) in [7, 11) is 0. The maximum atomic E-state index is 14.7. The van der Waals surface area contributed by atoms with Crippen molar-refractivity contribution in [3.8, 4) is 23.0 Å². The zero-order valence-corrected chi connectivity index (χ0v) is 53.9. The number of carbonyl (C=O) groups is 8. The van der Waals surface area contributed by atoms with Crippen molar-refractivity contribution in [2.45, 2.75) is 170 Å². The number of benzene rings is 2. The Morgan fingerprint density at radius 3 is 1.32 bits per heavy atom. The van der Waals surface area contributed by atoms with Gasteiger partial charge >= 0.3 is 29.8 Å². The van der Waals surface area contributed by atoms with Crippen molar-refractivity contribution in [1.82, 2.24) is 21.3 Å². The number of aromatic hydroxyl groups is 4. The average Bonchev–Trinajstić information content (AvgIpc) is 3.46. The van der Waals surface area contributed by atoms with E-state index in [0.29, 0.717) is 49.7 Å². The maximum absolute atomic E-state index is 14.7. The number of phenolic OH excluding ortho intramolecular Hbond substituents is 4. The molecule has 88 heavy (non-hydrogen) atoms. The number of amides is 2. The summed E-state index contributed by atoms with van der Waals surface area (Å²) in [6.45, 7) is 16.3. The van der Waals surface area contributed by atoms with Crippen LogP contribution in [0.25, 0.3) is 0 Å². The van der Waals surface area contributed by atoms with Gasteiger partial charge in [-0.2, -0.15) is 0 Å². The molecule has 4 aromatic rings. The van der Waals surface area contributed by atoms with E-state index in [1.165, 1.54) is 66.0 Å². The number of hydrogen-bond donors (Lipinski definition) is 9. The lowest BCUT2D eigenvalue weighted by Crippen LogP contribution is -2.61. The highest BCUT2D eigenvalue weighted by atomic mass is 32.1. The molecule has 6 atom stereocenters. The summed E-state index contributed by atoms with van der Waals surface area (Å²) in [6.07, 6.45) is 0.828. The Balaban J connectivity index is 1.56. The highest BCUT2D eigenvalue weighted by Gasteiger charge is 2.52. The van der Waals surface area contributed by atoms with Crippen LogP contribution in [0.3, 0.4) is 0 Å². The lowest BCUT2D eigenvalue weighted by Gasteiger charge is -2.41. The predicted octanol–water partition coefficient (Wildman–Crippen LogP) is 8.18. The van der Waals surface area contributed by atoms with E-state index in [2.05, 4.69) is 21.3 Å². The molecule has 6 unspecified atom stereocenters. The van der Waals surface area contributed by atoms with Crippen LogP contribution < -0.4 is 21.3 Å². The molecule has 9 N–H and O–H groups in total. The van der Waals surface area contributed by atoms with E-state index in [0.717, 1.165) is 9.75 Å². The molecule has 0 radical (unpaired) electrons. The standard InChI is InChI=1S/C64H90N4O18S2/c1-11-13-27-82-57(80)61(7,39-63(9,65-25-23-44-17-15-31-87-44)53(76)67-46(52(74)75)33-42-19-21-47(70)49(72)34-42)37-59(3,4)55(78)84-29-30-85-56(79)60(5,6)38-62(8,58(81)83-28-14-12-2)40-64(10,66-26-24-45-18-16-32-88-45)54(77)68-51(86-41-69)36-43-20-22-48(71)50(73)35-43/h15-22,31-32,34-35,41,46,51,65-66,70-73H,11-14,23-30,33,36-40H2,1-10H3,(H,67,76)(H,68,77)(H,74,75). The molecule has 0 saturated carbocycles. The van der Waals surface area contributed by atoms with Crippen molar-refractivity contribution < 1.29 is 87.6 Å². The van der Waals surface area contributed by atoms with E-state index >= 15 is 0 Å². The summed E-state index contributed by atoms with van der Waals surface area (Å²) in [5.41, 5.74) is -8.65. The van der Waals surface area contributed by atoms with Gasteiger partial charge < -0.3 is 70.5 Å². The van der Waals surface area contributed by atoms with Crippen molar-refractivity contribution in [2.24, 2.45) is 21.7 Å². The van der Waals surface area contributed by atoms with Gasteiger partial charge in [0.05, 0.1) is 46.0 Å². The first-order chi connectivity index (χ1) is 41.3. The van der Waals surface area contributed by atoms with Crippen molar-refractivity contribution in [2.75, 3.05) is 39.5 Å². The second-order valence-corrected chi connectivity index (χ2v) is 26.7. The fourth-order valence-corrected chi connectivity index (χ4v) is 12.3. The summed E-state index contributed by atoms with van der Waals surface area (Å²) in [4.78, 5) is 113. The second-order valence-electron chi connectivity index (χ2n) is 24.6. The van der Waals surface area contributed by atoms with Gasteiger partial charge in [0.15, 0.2) is 29.2 Å². The zero-order chi connectivity index (χ0) is 65.5. The van der Waals surface area contributed by atoms with E-state index in [1.807, 2.05) is 48.9 Å². The SMILES string of the molecule is CCCCOC(=O)C(C)(CC(C)(C)C(=O)OCCOC(=O)C(C)(C)CC(C)(CC(C)(NCCc1cccs1)C(=O)NC(Cc1ccc(O)c(O)c1)C(=O)O)C(=O)OCCCC)CC(C)(NCCc1cccs1)C(=O)NC(Cc1ccc(O)c(O)c1)OC=O. The zero-order valence-electron chi connectivity index (χ0n) is 52.2. The van der Waals surface area contributed by atoms with Gasteiger partial charge in [0.25, 0.3) is 6.47 Å². The van der Waals surface area contributed by atoms with E-state index in [-0.39, 0.29) is 77.0 Å². The Bertz CT molecular complexity index is 2950. The first-order valence-corrected chi connectivity index (χ1v) is 31.3. The quantitative estimate of drug-likeness (QED) is 0.00506. The topological polar surface area (TPSA) is 332 Å². The number of aliphatic carboxylic acids is 1. The van der Waals surface area contributed by atoms with E-state index in [1.54, 1.807) is 48.5 Å². The number of carboxylic acids is 1. The van der Waals surface area contributed by atoms with Gasteiger partial charge in [0.2, 0.25) is 11.8 Å². The maximum Gasteiger partial charge on any atom is 0.326 e. The normalized spacial score (nSPS) is 15.1. The fraction of sp³-hybridized carbons (Fsp3) is 0.562. The van der Waals surface area contributed by atoms with E-state index in [4.69, 9.17) is 23.7 Å². The van der Waals surface area contributed by atoms with Crippen LogP contribution in [-0.4, -0.2) is 137 Å². The van der Waals surface area contributed by atoms with Gasteiger partial charge in [-0.3, -0.25) is 33.6 Å². The third kappa shape index (κ3) is 22.1. The third-order valence-corrected chi connectivity index (χ3v) is 17.1. The molecular weight excluding hydrogens is 1180 g/mol. The van der Waals surface area contributed by atoms with Gasteiger partial charge in [-0.1, -0.05) is 51.0 Å². The molecule has 2 amide bonds. The van der Waals surface area contributed by atoms with Crippen LogP contribution in [0.15, 0.2) is 71.4 Å². The molecule has 4 rings (SSSR count). The lowest BCUT2D eigenvalue weighted by molar-refractivity contribution is -0.170. The van der Waals surface area contributed by atoms with Crippen LogP contribution >= 0.6 is 22.7 Å². The number of nitrogens with one attached hydrogen (secondary N) is 4. The van der Waals surface area contributed by atoms with Crippen molar-refractivity contribution in [3.05, 3.63) is 92.3 Å². The number of carboxylic acid groups (broad SMARTS) is 1. The van der Waals surface area contributed by atoms with Crippen LogP contribution in [0.4, 0.5) is 0 Å². The number of thiophene rings is 2. The molecule has 0 spiro atoms. The Labute approximate surface area is 523 Å². The molecule has 2 heterocycles. The van der Waals surface area contributed by atoms with Crippen LogP contribution in [0.1, 0.15) is 141 Å². The molecule has 0 saturated heterocycles. The summed E-state index contributed by atoms with van der Waals surface area (Å²) in [5.74, 6) is -7.48. The van der Waals surface area contributed by atoms with E-state index < -0.39 is 117 Å². The van der Waals surface area contributed by atoms with Crippen molar-refractivity contribution in [3.63, 3.8) is 0 Å². The molecule has 2 aromatic heterocycles. The Morgan fingerprint density at radius 2 is 0.943 bits per heavy atom. The number of hydrogen-bond acceptors (Lipinski definition) is 21.